The smallest absolute Gasteiger partial charge is 0.335 e. The van der Waals surface area contributed by atoms with E-state index in [0.717, 1.165) is 48.9 Å². The van der Waals surface area contributed by atoms with Gasteiger partial charge in [0.2, 0.25) is 0 Å². The summed E-state index contributed by atoms with van der Waals surface area (Å²) in [6, 6.07) is 14.7. The molecule has 5 nitrogen and oxygen atoms in total. The van der Waals surface area contributed by atoms with Gasteiger partial charge in [0.15, 0.2) is 0 Å². The molecule has 0 atom stereocenters. The van der Waals surface area contributed by atoms with Crippen molar-refractivity contribution in [1.29, 1.82) is 0 Å². The molecule has 3 rings (SSSR count). The van der Waals surface area contributed by atoms with Gasteiger partial charge in [0.25, 0.3) is 0 Å². The molecule has 0 bridgehead atoms. The Balaban J connectivity index is 1.50. The third-order valence-corrected chi connectivity index (χ3v) is 4.60. The van der Waals surface area contributed by atoms with E-state index in [0.29, 0.717) is 0 Å². The lowest BCUT2D eigenvalue weighted by molar-refractivity contribution is 0.0697. The number of hydrogen-bond acceptors (Lipinski definition) is 4. The zero-order valence-electron chi connectivity index (χ0n) is 13.8. The zero-order chi connectivity index (χ0) is 17.6. The lowest BCUT2D eigenvalue weighted by atomic mass is 10.1. The Kier molecular flexibility index (Phi) is 5.68. The molecule has 0 saturated carbocycles. The molecule has 1 fully saturated rings. The summed E-state index contributed by atoms with van der Waals surface area (Å²) in [5.41, 5.74) is 2.33. The van der Waals surface area contributed by atoms with Gasteiger partial charge in [-0.1, -0.05) is 41.9 Å². The van der Waals surface area contributed by atoms with Crippen LogP contribution in [0.3, 0.4) is 0 Å². The molecule has 0 amide bonds. The lowest BCUT2D eigenvalue weighted by Gasteiger charge is -2.33. The first kappa shape index (κ1) is 17.5. The molecule has 130 valence electrons. The Bertz CT molecular complexity index is 754. The third kappa shape index (κ3) is 4.81. The topological polar surface area (TPSA) is 56.1 Å². The van der Waals surface area contributed by atoms with E-state index in [9.17, 15) is 4.79 Å². The van der Waals surface area contributed by atoms with Crippen LogP contribution in [0, 0.1) is 0 Å². The van der Waals surface area contributed by atoms with Crippen LogP contribution in [0.15, 0.2) is 53.6 Å². The van der Waals surface area contributed by atoms with Gasteiger partial charge < -0.3 is 5.11 Å². The zero-order valence-corrected chi connectivity index (χ0v) is 14.6. The van der Waals surface area contributed by atoms with Crippen LogP contribution in [0.5, 0.6) is 0 Å². The summed E-state index contributed by atoms with van der Waals surface area (Å²) in [7, 11) is 0. The minimum Gasteiger partial charge on any atom is -0.478 e. The molecular formula is C19H20ClN3O2. The Morgan fingerprint density at radius 3 is 2.40 bits per heavy atom. The van der Waals surface area contributed by atoms with Crippen molar-refractivity contribution in [1.82, 2.24) is 9.91 Å². The number of piperazine rings is 1. The Labute approximate surface area is 152 Å². The van der Waals surface area contributed by atoms with E-state index in [4.69, 9.17) is 16.7 Å². The highest BCUT2D eigenvalue weighted by Gasteiger charge is 2.16. The average molecular weight is 358 g/mol. The molecule has 1 N–H and O–H groups in total. The monoisotopic (exact) mass is 357 g/mol. The van der Waals surface area contributed by atoms with Crippen molar-refractivity contribution in [2.45, 2.75) is 6.54 Å². The number of benzene rings is 2. The van der Waals surface area contributed by atoms with Crippen LogP contribution in [-0.4, -0.2) is 53.4 Å². The van der Waals surface area contributed by atoms with Gasteiger partial charge in [-0.15, -0.1) is 0 Å². The van der Waals surface area contributed by atoms with Crippen LogP contribution in [0.4, 0.5) is 0 Å². The molecule has 1 aliphatic rings. The first-order valence-corrected chi connectivity index (χ1v) is 8.57. The molecule has 1 heterocycles. The molecule has 1 saturated heterocycles. The molecule has 0 unspecified atom stereocenters. The summed E-state index contributed by atoms with van der Waals surface area (Å²) in [6.07, 6.45) is 1.77. The Hall–Kier alpha value is -2.37. The van der Waals surface area contributed by atoms with E-state index in [1.807, 2.05) is 23.2 Å². The van der Waals surface area contributed by atoms with Crippen LogP contribution in [0.1, 0.15) is 21.5 Å². The average Bonchev–Trinajstić information content (AvgIpc) is 2.63. The number of carboxylic acids is 1. The third-order valence-electron chi connectivity index (χ3n) is 4.23. The number of rotatable bonds is 5. The minimum atomic E-state index is -0.918. The molecule has 0 radical (unpaired) electrons. The van der Waals surface area contributed by atoms with Crippen molar-refractivity contribution in [2.75, 3.05) is 26.2 Å². The van der Waals surface area contributed by atoms with E-state index in [1.165, 1.54) is 0 Å². The SMILES string of the molecule is O=C(O)c1ccc(C=NN2CCN(Cc3ccccc3Cl)CC2)cc1. The lowest BCUT2D eigenvalue weighted by Crippen LogP contribution is -2.43. The summed E-state index contributed by atoms with van der Waals surface area (Å²) in [4.78, 5) is 13.2. The van der Waals surface area contributed by atoms with Gasteiger partial charge in [0.1, 0.15) is 0 Å². The standard InChI is InChI=1S/C19H20ClN3O2/c20-18-4-2-1-3-17(18)14-22-9-11-23(12-10-22)21-13-15-5-7-16(8-6-15)19(24)25/h1-8,13H,9-12,14H2,(H,24,25). The predicted molar refractivity (Wildman–Crippen MR) is 99.3 cm³/mol. The van der Waals surface area contributed by atoms with Crippen molar-refractivity contribution < 1.29 is 9.90 Å². The number of carbonyl (C=O) groups is 1. The maximum Gasteiger partial charge on any atom is 0.335 e. The molecule has 2 aromatic rings. The molecule has 0 aliphatic carbocycles. The quantitative estimate of drug-likeness (QED) is 0.835. The van der Waals surface area contributed by atoms with Crippen molar-refractivity contribution in [3.63, 3.8) is 0 Å². The number of carboxylic acid groups (broad SMARTS) is 1. The summed E-state index contributed by atoms with van der Waals surface area (Å²) in [5, 5.41) is 16.2. The van der Waals surface area contributed by atoms with E-state index in [2.05, 4.69) is 16.1 Å². The van der Waals surface area contributed by atoms with Gasteiger partial charge in [0, 0.05) is 37.7 Å². The first-order chi connectivity index (χ1) is 12.1. The van der Waals surface area contributed by atoms with Crippen molar-refractivity contribution in [3.8, 4) is 0 Å². The number of hydrogen-bond donors (Lipinski definition) is 1. The highest BCUT2D eigenvalue weighted by atomic mass is 35.5. The molecule has 2 aromatic carbocycles. The van der Waals surface area contributed by atoms with Crippen molar-refractivity contribution in [2.24, 2.45) is 5.10 Å². The highest BCUT2D eigenvalue weighted by molar-refractivity contribution is 6.31. The van der Waals surface area contributed by atoms with Crippen LogP contribution >= 0.6 is 11.6 Å². The van der Waals surface area contributed by atoms with Crippen LogP contribution in [0.25, 0.3) is 0 Å². The maximum atomic E-state index is 10.8. The van der Waals surface area contributed by atoms with E-state index in [1.54, 1.807) is 30.5 Å². The predicted octanol–water partition coefficient (Wildman–Crippen LogP) is 3.19. The van der Waals surface area contributed by atoms with Gasteiger partial charge in [-0.3, -0.25) is 9.91 Å². The van der Waals surface area contributed by atoms with Crippen LogP contribution < -0.4 is 0 Å². The molecule has 1 aliphatic heterocycles. The maximum absolute atomic E-state index is 10.8. The molecule has 0 aromatic heterocycles. The fourth-order valence-electron chi connectivity index (χ4n) is 2.74. The van der Waals surface area contributed by atoms with Crippen molar-refractivity contribution >= 4 is 23.8 Å². The molecule has 6 heteroatoms. The Morgan fingerprint density at radius 1 is 1.08 bits per heavy atom. The van der Waals surface area contributed by atoms with Gasteiger partial charge >= 0.3 is 5.97 Å². The van der Waals surface area contributed by atoms with Gasteiger partial charge in [-0.05, 0) is 29.3 Å². The van der Waals surface area contributed by atoms with Gasteiger partial charge in [0.05, 0.1) is 11.8 Å². The number of aromatic carboxylic acids is 1. The number of nitrogens with zero attached hydrogens (tertiary/aromatic N) is 3. The second-order valence-electron chi connectivity index (χ2n) is 5.99. The van der Waals surface area contributed by atoms with Gasteiger partial charge in [-0.2, -0.15) is 5.10 Å². The van der Waals surface area contributed by atoms with Crippen LogP contribution in [0.2, 0.25) is 5.02 Å². The van der Waals surface area contributed by atoms with E-state index < -0.39 is 5.97 Å². The number of hydrazone groups is 1. The first-order valence-electron chi connectivity index (χ1n) is 8.20. The normalized spacial score (nSPS) is 15.6. The molecule has 25 heavy (non-hydrogen) atoms. The summed E-state index contributed by atoms with van der Waals surface area (Å²) < 4.78 is 0. The largest absolute Gasteiger partial charge is 0.478 e. The Morgan fingerprint density at radius 2 is 1.76 bits per heavy atom. The fraction of sp³-hybridized carbons (Fsp3) is 0.263. The molecular weight excluding hydrogens is 338 g/mol. The number of halogens is 1. The summed E-state index contributed by atoms with van der Waals surface area (Å²) >= 11 is 6.22. The summed E-state index contributed by atoms with van der Waals surface area (Å²) in [6.45, 7) is 4.43. The van der Waals surface area contributed by atoms with E-state index >= 15 is 0 Å². The highest BCUT2D eigenvalue weighted by Crippen LogP contribution is 2.18. The van der Waals surface area contributed by atoms with Crippen LogP contribution in [-0.2, 0) is 6.54 Å². The fourth-order valence-corrected chi connectivity index (χ4v) is 2.93. The van der Waals surface area contributed by atoms with Gasteiger partial charge in [-0.25, -0.2) is 4.79 Å². The van der Waals surface area contributed by atoms with E-state index in [-0.39, 0.29) is 5.56 Å². The second kappa shape index (κ2) is 8.14. The molecule has 0 spiro atoms. The second-order valence-corrected chi connectivity index (χ2v) is 6.40. The minimum absolute atomic E-state index is 0.283. The van der Waals surface area contributed by atoms with Crippen molar-refractivity contribution in [3.05, 3.63) is 70.2 Å². The summed E-state index contributed by atoms with van der Waals surface area (Å²) in [5.74, 6) is -0.918.